The van der Waals surface area contributed by atoms with E-state index in [4.69, 9.17) is 5.73 Å². The van der Waals surface area contributed by atoms with Gasteiger partial charge in [-0.25, -0.2) is 0 Å². The van der Waals surface area contributed by atoms with E-state index in [1.165, 1.54) is 0 Å². The minimum absolute atomic E-state index is 0.00248. The van der Waals surface area contributed by atoms with Crippen LogP contribution in [0.3, 0.4) is 0 Å². The van der Waals surface area contributed by atoms with Crippen LogP contribution >= 0.6 is 0 Å². The summed E-state index contributed by atoms with van der Waals surface area (Å²) in [6.07, 6.45) is 2.18. The van der Waals surface area contributed by atoms with E-state index < -0.39 is 0 Å². The summed E-state index contributed by atoms with van der Waals surface area (Å²) < 4.78 is 0. The smallest absolute Gasteiger partial charge is 0.239 e. The zero-order chi connectivity index (χ0) is 12.3. The molecule has 1 aliphatic heterocycles. The number of likely N-dealkylation sites (N-methyl/N-ethyl adjacent to an activating group) is 1. The van der Waals surface area contributed by atoms with Gasteiger partial charge < -0.3 is 10.6 Å². The molecule has 1 unspecified atom stereocenters. The molecule has 1 aliphatic rings. The van der Waals surface area contributed by atoms with Crippen molar-refractivity contribution in [1.29, 1.82) is 0 Å². The number of piperidine rings is 1. The Morgan fingerprint density at radius 3 is 2.31 bits per heavy atom. The number of rotatable bonds is 3. The van der Waals surface area contributed by atoms with Crippen molar-refractivity contribution in [1.82, 2.24) is 9.80 Å². The van der Waals surface area contributed by atoms with E-state index in [2.05, 4.69) is 11.8 Å². The molecule has 1 amide bonds. The number of hydrogen-bond acceptors (Lipinski definition) is 3. The maximum atomic E-state index is 11.8. The first kappa shape index (κ1) is 13.5. The first-order chi connectivity index (χ1) is 7.39. The van der Waals surface area contributed by atoms with Gasteiger partial charge in [0.2, 0.25) is 5.91 Å². The Hall–Kier alpha value is -0.610. The maximum Gasteiger partial charge on any atom is 0.239 e. The standard InChI is InChI=1S/C12H25N3O/c1-10(11(16)14(3)4)15-7-5-12(2,9-13)6-8-15/h10H,5-9,13H2,1-4H3. The van der Waals surface area contributed by atoms with Crippen molar-refractivity contribution in [3.05, 3.63) is 0 Å². The van der Waals surface area contributed by atoms with Gasteiger partial charge in [-0.05, 0) is 44.8 Å². The molecule has 16 heavy (non-hydrogen) atoms. The third kappa shape index (κ3) is 2.95. The summed E-state index contributed by atoms with van der Waals surface area (Å²) in [7, 11) is 3.62. The van der Waals surface area contributed by atoms with E-state index in [1.807, 2.05) is 21.0 Å². The highest BCUT2D eigenvalue weighted by molar-refractivity contribution is 5.80. The number of amides is 1. The summed E-state index contributed by atoms with van der Waals surface area (Å²) in [5, 5.41) is 0. The molecule has 0 saturated carbocycles. The predicted octanol–water partition coefficient (Wildman–Crippen LogP) is 0.524. The van der Waals surface area contributed by atoms with Crippen LogP contribution in [0.25, 0.3) is 0 Å². The highest BCUT2D eigenvalue weighted by Gasteiger charge is 2.32. The van der Waals surface area contributed by atoms with Gasteiger partial charge in [0.1, 0.15) is 0 Å². The summed E-state index contributed by atoms with van der Waals surface area (Å²) in [6, 6.07) is -0.00248. The molecule has 4 nitrogen and oxygen atoms in total. The average Bonchev–Trinajstić information content (AvgIpc) is 2.28. The van der Waals surface area contributed by atoms with Gasteiger partial charge in [-0.1, -0.05) is 6.92 Å². The van der Waals surface area contributed by atoms with Crippen molar-refractivity contribution < 1.29 is 4.79 Å². The van der Waals surface area contributed by atoms with Crippen LogP contribution in [0.2, 0.25) is 0 Å². The van der Waals surface area contributed by atoms with E-state index in [0.717, 1.165) is 32.5 Å². The van der Waals surface area contributed by atoms with Gasteiger partial charge in [0.15, 0.2) is 0 Å². The molecule has 0 spiro atoms. The lowest BCUT2D eigenvalue weighted by Crippen LogP contribution is -2.50. The maximum absolute atomic E-state index is 11.8. The van der Waals surface area contributed by atoms with Gasteiger partial charge in [0.25, 0.3) is 0 Å². The average molecular weight is 227 g/mol. The fourth-order valence-electron chi connectivity index (χ4n) is 2.19. The van der Waals surface area contributed by atoms with E-state index in [0.29, 0.717) is 0 Å². The van der Waals surface area contributed by atoms with Crippen LogP contribution in [-0.4, -0.2) is 55.5 Å². The molecule has 1 saturated heterocycles. The van der Waals surface area contributed by atoms with E-state index >= 15 is 0 Å². The van der Waals surface area contributed by atoms with Crippen molar-refractivity contribution in [3.8, 4) is 0 Å². The van der Waals surface area contributed by atoms with Crippen LogP contribution in [0, 0.1) is 5.41 Å². The quantitative estimate of drug-likeness (QED) is 0.765. The second kappa shape index (κ2) is 5.15. The van der Waals surface area contributed by atoms with Crippen molar-refractivity contribution in [2.75, 3.05) is 33.7 Å². The molecule has 0 bridgehead atoms. The van der Waals surface area contributed by atoms with Crippen LogP contribution in [0.4, 0.5) is 0 Å². The highest BCUT2D eigenvalue weighted by atomic mass is 16.2. The molecule has 1 rings (SSSR count). The second-order valence-corrected chi connectivity index (χ2v) is 5.46. The molecule has 0 aromatic heterocycles. The SMILES string of the molecule is CC(C(=O)N(C)C)N1CCC(C)(CN)CC1. The summed E-state index contributed by atoms with van der Waals surface area (Å²) in [5.74, 6) is 0.191. The number of hydrogen-bond donors (Lipinski definition) is 1. The minimum Gasteiger partial charge on any atom is -0.347 e. The first-order valence-corrected chi connectivity index (χ1v) is 6.05. The van der Waals surface area contributed by atoms with Crippen molar-refractivity contribution in [2.45, 2.75) is 32.7 Å². The van der Waals surface area contributed by atoms with Crippen LogP contribution in [0.15, 0.2) is 0 Å². The molecule has 94 valence electrons. The zero-order valence-electron chi connectivity index (χ0n) is 11.0. The molecular weight excluding hydrogens is 202 g/mol. The molecule has 1 heterocycles. The number of carbonyl (C=O) groups excluding carboxylic acids is 1. The van der Waals surface area contributed by atoms with Gasteiger partial charge in [0, 0.05) is 14.1 Å². The third-order valence-electron chi connectivity index (χ3n) is 3.84. The fraction of sp³-hybridized carbons (Fsp3) is 0.917. The lowest BCUT2D eigenvalue weighted by molar-refractivity contribution is -0.134. The van der Waals surface area contributed by atoms with Gasteiger partial charge in [0.05, 0.1) is 6.04 Å². The molecule has 4 heteroatoms. The normalized spacial score (nSPS) is 22.8. The monoisotopic (exact) mass is 227 g/mol. The fourth-order valence-corrected chi connectivity index (χ4v) is 2.19. The first-order valence-electron chi connectivity index (χ1n) is 6.05. The minimum atomic E-state index is -0.00248. The molecule has 0 aliphatic carbocycles. The highest BCUT2D eigenvalue weighted by Crippen LogP contribution is 2.30. The van der Waals surface area contributed by atoms with Gasteiger partial charge >= 0.3 is 0 Å². The summed E-state index contributed by atoms with van der Waals surface area (Å²) in [5.41, 5.74) is 6.05. The summed E-state index contributed by atoms with van der Waals surface area (Å²) >= 11 is 0. The third-order valence-corrected chi connectivity index (χ3v) is 3.84. The van der Waals surface area contributed by atoms with Crippen molar-refractivity contribution in [3.63, 3.8) is 0 Å². The van der Waals surface area contributed by atoms with Gasteiger partial charge in [-0.15, -0.1) is 0 Å². The number of nitrogens with zero attached hydrogens (tertiary/aromatic N) is 2. The van der Waals surface area contributed by atoms with Crippen LogP contribution in [-0.2, 0) is 4.79 Å². The number of carbonyl (C=O) groups is 1. The topological polar surface area (TPSA) is 49.6 Å². The second-order valence-electron chi connectivity index (χ2n) is 5.46. The Bertz CT molecular complexity index is 245. The van der Waals surface area contributed by atoms with Gasteiger partial charge in [-0.3, -0.25) is 9.69 Å². The molecule has 0 aromatic rings. The Kier molecular flexibility index (Phi) is 4.33. The van der Waals surface area contributed by atoms with Crippen LogP contribution in [0.5, 0.6) is 0 Å². The molecule has 0 aromatic carbocycles. The Labute approximate surface area is 98.8 Å². The summed E-state index contributed by atoms with van der Waals surface area (Å²) in [6.45, 7) is 6.94. The molecule has 1 atom stereocenters. The van der Waals surface area contributed by atoms with E-state index in [-0.39, 0.29) is 17.4 Å². The number of likely N-dealkylation sites (tertiary alicyclic amines) is 1. The van der Waals surface area contributed by atoms with Crippen LogP contribution in [0.1, 0.15) is 26.7 Å². The van der Waals surface area contributed by atoms with Crippen molar-refractivity contribution >= 4 is 5.91 Å². The Morgan fingerprint density at radius 1 is 1.44 bits per heavy atom. The van der Waals surface area contributed by atoms with E-state index in [9.17, 15) is 4.79 Å². The van der Waals surface area contributed by atoms with Gasteiger partial charge in [-0.2, -0.15) is 0 Å². The molecule has 0 radical (unpaired) electrons. The number of nitrogens with two attached hydrogens (primary N) is 1. The van der Waals surface area contributed by atoms with Crippen LogP contribution < -0.4 is 5.73 Å². The van der Waals surface area contributed by atoms with Crippen molar-refractivity contribution in [2.24, 2.45) is 11.1 Å². The molecular formula is C12H25N3O. The Balaban J connectivity index is 2.51. The molecule has 1 fully saturated rings. The largest absolute Gasteiger partial charge is 0.347 e. The predicted molar refractivity (Wildman–Crippen MR) is 66.1 cm³/mol. The summed E-state index contributed by atoms with van der Waals surface area (Å²) in [4.78, 5) is 15.8. The van der Waals surface area contributed by atoms with E-state index in [1.54, 1.807) is 4.90 Å². The lowest BCUT2D eigenvalue weighted by atomic mass is 9.80. The lowest BCUT2D eigenvalue weighted by Gasteiger charge is -2.41. The molecule has 2 N–H and O–H groups in total. The Morgan fingerprint density at radius 2 is 1.94 bits per heavy atom. The zero-order valence-corrected chi connectivity index (χ0v) is 11.0.